The van der Waals surface area contributed by atoms with Gasteiger partial charge in [-0.05, 0) is 12.8 Å². The fourth-order valence-electron chi connectivity index (χ4n) is 1.48. The molecule has 1 N–H and O–H groups in total. The second-order valence-electron chi connectivity index (χ2n) is 3.60. The summed E-state index contributed by atoms with van der Waals surface area (Å²) in [6, 6.07) is 0. The maximum absolute atomic E-state index is 9.71. The molecule has 0 saturated carbocycles. The molecule has 3 nitrogen and oxygen atoms in total. The smallest absolute Gasteiger partial charge is 0.105 e. The molecular weight excluding hydrogens is 168 g/mol. The maximum atomic E-state index is 9.71. The Morgan fingerprint density at radius 3 is 2.54 bits per heavy atom. The summed E-state index contributed by atoms with van der Waals surface area (Å²) in [6.45, 7) is 5.50. The van der Waals surface area contributed by atoms with Crippen LogP contribution < -0.4 is 0 Å². The Hall–Kier alpha value is -0.120. The number of aliphatic hydroxyl groups is 1. The largest absolute Gasteiger partial charge is 0.390 e. The van der Waals surface area contributed by atoms with Crippen LogP contribution in [0.1, 0.15) is 33.1 Å². The molecule has 0 aromatic heterocycles. The van der Waals surface area contributed by atoms with Crippen LogP contribution in [0.4, 0.5) is 0 Å². The zero-order valence-corrected chi connectivity index (χ0v) is 8.53. The van der Waals surface area contributed by atoms with Crippen LogP contribution in [0.2, 0.25) is 0 Å². The molecule has 0 spiro atoms. The number of aliphatic hydroxyl groups excluding tert-OH is 1. The summed E-state index contributed by atoms with van der Waals surface area (Å²) in [7, 11) is 0. The summed E-state index contributed by atoms with van der Waals surface area (Å²) in [6.07, 6.45) is 2.60. The summed E-state index contributed by atoms with van der Waals surface area (Å²) >= 11 is 0. The van der Waals surface area contributed by atoms with Crippen molar-refractivity contribution >= 4 is 0 Å². The van der Waals surface area contributed by atoms with E-state index in [2.05, 4.69) is 6.92 Å². The van der Waals surface area contributed by atoms with E-state index >= 15 is 0 Å². The Labute approximate surface area is 80.0 Å². The number of hydrogen-bond donors (Lipinski definition) is 1. The lowest BCUT2D eigenvalue weighted by Gasteiger charge is -2.32. The minimum Gasteiger partial charge on any atom is -0.390 e. The minimum atomic E-state index is -0.310. The Kier molecular flexibility index (Phi) is 4.70. The van der Waals surface area contributed by atoms with E-state index in [1.807, 2.05) is 6.92 Å². The van der Waals surface area contributed by atoms with Gasteiger partial charge in [0.15, 0.2) is 0 Å². The molecule has 1 aliphatic heterocycles. The van der Waals surface area contributed by atoms with E-state index < -0.39 is 0 Å². The quantitative estimate of drug-likeness (QED) is 0.683. The zero-order valence-electron chi connectivity index (χ0n) is 8.53. The van der Waals surface area contributed by atoms with Crippen molar-refractivity contribution in [3.05, 3.63) is 0 Å². The molecule has 78 valence electrons. The van der Waals surface area contributed by atoms with Crippen LogP contribution in [0.15, 0.2) is 0 Å². The lowest BCUT2D eigenvalue weighted by Crippen LogP contribution is -2.42. The van der Waals surface area contributed by atoms with Crippen molar-refractivity contribution in [2.24, 2.45) is 0 Å². The Morgan fingerprint density at radius 1 is 1.46 bits per heavy atom. The Balaban J connectivity index is 2.23. The molecule has 0 amide bonds. The average Bonchev–Trinajstić information content (AvgIpc) is 2.03. The van der Waals surface area contributed by atoms with Crippen LogP contribution in [-0.2, 0) is 9.47 Å². The van der Waals surface area contributed by atoms with Gasteiger partial charge in [-0.2, -0.15) is 0 Å². The van der Waals surface area contributed by atoms with Crippen LogP contribution in [0, 0.1) is 0 Å². The predicted octanol–water partition coefficient (Wildman–Crippen LogP) is 1.34. The van der Waals surface area contributed by atoms with Gasteiger partial charge in [0.05, 0.1) is 25.4 Å². The van der Waals surface area contributed by atoms with Crippen molar-refractivity contribution in [2.45, 2.75) is 51.4 Å². The van der Waals surface area contributed by atoms with Crippen molar-refractivity contribution < 1.29 is 14.6 Å². The van der Waals surface area contributed by atoms with Crippen LogP contribution in [0.25, 0.3) is 0 Å². The van der Waals surface area contributed by atoms with E-state index in [1.165, 1.54) is 0 Å². The van der Waals surface area contributed by atoms with Crippen LogP contribution >= 0.6 is 0 Å². The van der Waals surface area contributed by atoms with Gasteiger partial charge in [0.1, 0.15) is 6.10 Å². The van der Waals surface area contributed by atoms with Gasteiger partial charge in [-0.15, -0.1) is 0 Å². The first kappa shape index (κ1) is 11.0. The molecule has 13 heavy (non-hydrogen) atoms. The molecule has 2 unspecified atom stereocenters. The summed E-state index contributed by atoms with van der Waals surface area (Å²) in [5.74, 6) is 0. The highest BCUT2D eigenvalue weighted by Crippen LogP contribution is 2.15. The first-order valence-electron chi connectivity index (χ1n) is 5.19. The van der Waals surface area contributed by atoms with Crippen molar-refractivity contribution in [3.63, 3.8) is 0 Å². The number of hydrogen-bond acceptors (Lipinski definition) is 3. The van der Waals surface area contributed by atoms with Crippen molar-refractivity contribution in [2.75, 3.05) is 13.2 Å². The van der Waals surface area contributed by atoms with Gasteiger partial charge in [-0.1, -0.05) is 20.3 Å². The second-order valence-corrected chi connectivity index (χ2v) is 3.60. The van der Waals surface area contributed by atoms with E-state index in [-0.39, 0.29) is 18.3 Å². The summed E-state index contributed by atoms with van der Waals surface area (Å²) in [5.41, 5.74) is 0. The highest BCUT2D eigenvalue weighted by atomic mass is 16.6. The van der Waals surface area contributed by atoms with Gasteiger partial charge in [-0.25, -0.2) is 0 Å². The van der Waals surface area contributed by atoms with Gasteiger partial charge >= 0.3 is 0 Å². The fourth-order valence-corrected chi connectivity index (χ4v) is 1.48. The van der Waals surface area contributed by atoms with Crippen LogP contribution in [0.3, 0.4) is 0 Å². The van der Waals surface area contributed by atoms with Gasteiger partial charge in [0, 0.05) is 0 Å². The fraction of sp³-hybridized carbons (Fsp3) is 1.00. The molecular formula is C10H20O3. The van der Waals surface area contributed by atoms with Gasteiger partial charge in [0.25, 0.3) is 0 Å². The first-order valence-corrected chi connectivity index (χ1v) is 5.19. The van der Waals surface area contributed by atoms with E-state index in [0.717, 1.165) is 19.3 Å². The third-order valence-electron chi connectivity index (χ3n) is 2.39. The van der Waals surface area contributed by atoms with E-state index in [1.54, 1.807) is 0 Å². The molecule has 0 aromatic rings. The number of rotatable bonds is 6. The van der Waals surface area contributed by atoms with Crippen molar-refractivity contribution in [1.29, 1.82) is 0 Å². The van der Waals surface area contributed by atoms with Crippen molar-refractivity contribution in [1.82, 2.24) is 0 Å². The van der Waals surface area contributed by atoms with Gasteiger partial charge in [0.2, 0.25) is 0 Å². The molecule has 1 aliphatic rings. The molecule has 1 heterocycles. The molecule has 3 heteroatoms. The predicted molar refractivity (Wildman–Crippen MR) is 50.7 cm³/mol. The Morgan fingerprint density at radius 2 is 2.15 bits per heavy atom. The standard InChI is InChI=1S/C10H20O3/c1-3-5-9(11)10(4-2)13-8-6-12-7-8/h8-11H,3-7H2,1-2H3. The lowest BCUT2D eigenvalue weighted by atomic mass is 10.1. The SMILES string of the molecule is CCCC(O)C(CC)OC1COC1. The highest BCUT2D eigenvalue weighted by molar-refractivity contribution is 4.73. The summed E-state index contributed by atoms with van der Waals surface area (Å²) < 4.78 is 10.7. The summed E-state index contributed by atoms with van der Waals surface area (Å²) in [5, 5.41) is 9.71. The maximum Gasteiger partial charge on any atom is 0.105 e. The van der Waals surface area contributed by atoms with E-state index in [0.29, 0.717) is 13.2 Å². The molecule has 1 fully saturated rings. The second kappa shape index (κ2) is 5.58. The normalized spacial score (nSPS) is 22.4. The third kappa shape index (κ3) is 3.25. The monoisotopic (exact) mass is 188 g/mol. The third-order valence-corrected chi connectivity index (χ3v) is 2.39. The van der Waals surface area contributed by atoms with E-state index in [9.17, 15) is 5.11 Å². The minimum absolute atomic E-state index is 0.00569. The molecule has 0 radical (unpaired) electrons. The molecule has 0 bridgehead atoms. The van der Waals surface area contributed by atoms with Gasteiger partial charge < -0.3 is 14.6 Å². The van der Waals surface area contributed by atoms with Crippen LogP contribution in [0.5, 0.6) is 0 Å². The zero-order chi connectivity index (χ0) is 9.68. The molecule has 2 atom stereocenters. The molecule has 1 rings (SSSR count). The topological polar surface area (TPSA) is 38.7 Å². The van der Waals surface area contributed by atoms with Gasteiger partial charge in [-0.3, -0.25) is 0 Å². The molecule has 0 aromatic carbocycles. The van der Waals surface area contributed by atoms with E-state index in [4.69, 9.17) is 9.47 Å². The number of ether oxygens (including phenoxy) is 2. The molecule has 0 aliphatic carbocycles. The summed E-state index contributed by atoms with van der Waals surface area (Å²) in [4.78, 5) is 0. The molecule has 1 saturated heterocycles. The van der Waals surface area contributed by atoms with Crippen molar-refractivity contribution in [3.8, 4) is 0 Å². The van der Waals surface area contributed by atoms with Crippen LogP contribution in [-0.4, -0.2) is 36.6 Å². The average molecular weight is 188 g/mol. The first-order chi connectivity index (χ1) is 6.27. The lowest BCUT2D eigenvalue weighted by molar-refractivity contribution is -0.176. The highest BCUT2D eigenvalue weighted by Gasteiger charge is 2.26. The Bertz CT molecular complexity index is 134.